The molecular weight excluding hydrogens is 522 g/mol. The van der Waals surface area contributed by atoms with E-state index in [4.69, 9.17) is 9.47 Å². The van der Waals surface area contributed by atoms with Crippen molar-refractivity contribution < 1.29 is 14.3 Å². The molecule has 0 aromatic heterocycles. The van der Waals surface area contributed by atoms with Crippen LogP contribution in [0.2, 0.25) is 0 Å². The Balaban J connectivity index is 1.26. The fourth-order valence-electron chi connectivity index (χ4n) is 5.89. The molecule has 2 N–H and O–H groups in total. The number of aryl methyl sites for hydroxylation is 2. The third-order valence-electron chi connectivity index (χ3n) is 8.06. The monoisotopic (exact) mass is 553 g/mol. The fraction of sp³-hybridized carbons (Fsp3) is 0.139. The molecule has 1 spiro atoms. The molecule has 0 bridgehead atoms. The number of hydrazine groups is 1. The van der Waals surface area contributed by atoms with Crippen molar-refractivity contribution in [2.24, 2.45) is 0 Å². The predicted octanol–water partition coefficient (Wildman–Crippen LogP) is 8.47. The maximum absolute atomic E-state index is 13.2. The molecule has 208 valence electrons. The van der Waals surface area contributed by atoms with Gasteiger partial charge >= 0.3 is 5.97 Å². The second kappa shape index (κ2) is 10.00. The standard InChI is InChI=1S/C36H31N3O3/c1-4-39(27-18-13-23(2)14-19-27)38-26-16-15-24(3)32(22-26)37-25-17-20-34-31(21-25)36(30-11-7-8-12-33(30)41-34)29-10-6-5-9-28(29)35(40)42-36/h5-22,37-38H,4H2,1-3H3. The minimum Gasteiger partial charge on any atom is -0.456 e. The number of nitrogens with one attached hydrogen (secondary N) is 2. The van der Waals surface area contributed by atoms with Gasteiger partial charge in [-0.05, 0) is 80.9 Å². The molecule has 1 unspecified atom stereocenters. The number of hydrogen-bond acceptors (Lipinski definition) is 6. The minimum atomic E-state index is -1.09. The molecule has 42 heavy (non-hydrogen) atoms. The Labute approximate surface area is 245 Å². The summed E-state index contributed by atoms with van der Waals surface area (Å²) in [5.74, 6) is 1.00. The lowest BCUT2D eigenvalue weighted by atomic mass is 9.77. The highest BCUT2D eigenvalue weighted by Crippen LogP contribution is 2.56. The average Bonchev–Trinajstić information content (AvgIpc) is 3.31. The van der Waals surface area contributed by atoms with Crippen molar-refractivity contribution in [3.63, 3.8) is 0 Å². The van der Waals surface area contributed by atoms with E-state index in [1.165, 1.54) is 5.56 Å². The molecule has 0 amide bonds. The zero-order valence-corrected chi connectivity index (χ0v) is 23.8. The molecule has 0 fully saturated rings. The topological polar surface area (TPSA) is 62.8 Å². The van der Waals surface area contributed by atoms with Gasteiger partial charge in [-0.15, -0.1) is 0 Å². The summed E-state index contributed by atoms with van der Waals surface area (Å²) in [7, 11) is 0. The number of para-hydroxylation sites is 1. The average molecular weight is 554 g/mol. The van der Waals surface area contributed by atoms with Crippen LogP contribution in [0.4, 0.5) is 22.7 Å². The third-order valence-corrected chi connectivity index (χ3v) is 8.06. The van der Waals surface area contributed by atoms with Crippen molar-refractivity contribution in [3.05, 3.63) is 143 Å². The molecule has 2 aliphatic rings. The molecule has 0 saturated heterocycles. The Bertz CT molecular complexity index is 1830. The summed E-state index contributed by atoms with van der Waals surface area (Å²) in [6.45, 7) is 7.10. The number of rotatable bonds is 6. The van der Waals surface area contributed by atoms with Crippen LogP contribution in [0.1, 0.15) is 45.1 Å². The van der Waals surface area contributed by atoms with Crippen molar-refractivity contribution in [2.45, 2.75) is 26.4 Å². The van der Waals surface area contributed by atoms with Gasteiger partial charge in [-0.1, -0.05) is 60.2 Å². The van der Waals surface area contributed by atoms with E-state index in [-0.39, 0.29) is 5.97 Å². The van der Waals surface area contributed by atoms with Crippen molar-refractivity contribution in [1.29, 1.82) is 0 Å². The molecule has 1 atom stereocenters. The first-order valence-corrected chi connectivity index (χ1v) is 14.2. The van der Waals surface area contributed by atoms with Crippen molar-refractivity contribution in [1.82, 2.24) is 0 Å². The Hall–Kier alpha value is -5.23. The fourth-order valence-corrected chi connectivity index (χ4v) is 5.89. The second-order valence-electron chi connectivity index (χ2n) is 10.8. The summed E-state index contributed by atoms with van der Waals surface area (Å²) >= 11 is 0. The van der Waals surface area contributed by atoms with Gasteiger partial charge in [0, 0.05) is 34.6 Å². The van der Waals surface area contributed by atoms with E-state index in [2.05, 4.69) is 79.0 Å². The normalized spacial score (nSPS) is 16.1. The molecule has 6 heteroatoms. The Morgan fingerprint density at radius 1 is 0.738 bits per heavy atom. The van der Waals surface area contributed by atoms with Crippen LogP contribution >= 0.6 is 0 Å². The number of esters is 1. The van der Waals surface area contributed by atoms with Crippen LogP contribution < -0.4 is 20.5 Å². The van der Waals surface area contributed by atoms with Gasteiger partial charge in [0.05, 0.1) is 16.9 Å². The van der Waals surface area contributed by atoms with Crippen LogP contribution in [0.5, 0.6) is 11.5 Å². The summed E-state index contributed by atoms with van der Waals surface area (Å²) < 4.78 is 12.6. The number of ether oxygens (including phenoxy) is 2. The summed E-state index contributed by atoms with van der Waals surface area (Å²) in [6.07, 6.45) is 0. The molecule has 6 nitrogen and oxygen atoms in total. The van der Waals surface area contributed by atoms with Gasteiger partial charge in [0.1, 0.15) is 11.5 Å². The van der Waals surface area contributed by atoms with Gasteiger partial charge in [-0.2, -0.15) is 0 Å². The van der Waals surface area contributed by atoms with Crippen molar-refractivity contribution in [3.8, 4) is 11.5 Å². The zero-order chi connectivity index (χ0) is 28.8. The van der Waals surface area contributed by atoms with E-state index in [0.717, 1.165) is 51.5 Å². The smallest absolute Gasteiger partial charge is 0.340 e. The first-order valence-electron chi connectivity index (χ1n) is 14.2. The molecule has 0 saturated carbocycles. The lowest BCUT2D eigenvalue weighted by molar-refractivity contribution is 0.0224. The highest BCUT2D eigenvalue weighted by Gasteiger charge is 2.53. The van der Waals surface area contributed by atoms with Crippen molar-refractivity contribution in [2.75, 3.05) is 22.3 Å². The first kappa shape index (κ1) is 25.7. The predicted molar refractivity (Wildman–Crippen MR) is 167 cm³/mol. The number of benzene rings is 5. The summed E-state index contributed by atoms with van der Waals surface area (Å²) in [5.41, 5.74) is 11.7. The molecule has 2 aliphatic heterocycles. The number of carbonyl (C=O) groups is 1. The molecule has 7 rings (SSSR count). The van der Waals surface area contributed by atoms with E-state index in [9.17, 15) is 4.79 Å². The maximum Gasteiger partial charge on any atom is 0.340 e. The molecule has 5 aromatic rings. The van der Waals surface area contributed by atoms with Gasteiger partial charge in [0.25, 0.3) is 0 Å². The summed E-state index contributed by atoms with van der Waals surface area (Å²) in [5, 5.41) is 5.73. The number of anilines is 4. The molecule has 0 aliphatic carbocycles. The highest BCUT2D eigenvalue weighted by atomic mass is 16.6. The number of fused-ring (bicyclic) bond motifs is 6. The first-order chi connectivity index (χ1) is 20.5. The van der Waals surface area contributed by atoms with E-state index in [1.54, 1.807) is 0 Å². The van der Waals surface area contributed by atoms with Gasteiger partial charge in [0.15, 0.2) is 5.60 Å². The molecule has 5 aromatic carbocycles. The van der Waals surface area contributed by atoms with E-state index in [1.807, 2.05) is 66.7 Å². The van der Waals surface area contributed by atoms with Gasteiger partial charge in [0.2, 0.25) is 0 Å². The second-order valence-corrected chi connectivity index (χ2v) is 10.8. The Morgan fingerprint density at radius 2 is 1.45 bits per heavy atom. The SMILES string of the molecule is CCN(Nc1ccc(C)c(Nc2ccc3c(c2)C2(OC(=O)c4ccccc42)c2ccccc2O3)c1)c1ccc(C)cc1. The number of hydrogen-bond donors (Lipinski definition) is 2. The molecule has 2 heterocycles. The number of carbonyl (C=O) groups excluding carboxylic acids is 1. The van der Waals surface area contributed by atoms with E-state index in [0.29, 0.717) is 17.1 Å². The summed E-state index contributed by atoms with van der Waals surface area (Å²) in [4.78, 5) is 13.2. The van der Waals surface area contributed by atoms with Gasteiger partial charge in [-0.3, -0.25) is 10.4 Å². The van der Waals surface area contributed by atoms with Gasteiger partial charge in [-0.25, -0.2) is 4.79 Å². The molecule has 0 radical (unpaired) electrons. The Morgan fingerprint density at radius 3 is 2.26 bits per heavy atom. The maximum atomic E-state index is 13.2. The lowest BCUT2D eigenvalue weighted by Crippen LogP contribution is -2.33. The zero-order valence-electron chi connectivity index (χ0n) is 23.8. The van der Waals surface area contributed by atoms with Gasteiger partial charge < -0.3 is 14.8 Å². The Kier molecular flexibility index (Phi) is 6.12. The van der Waals surface area contributed by atoms with Crippen LogP contribution in [-0.4, -0.2) is 12.5 Å². The van der Waals surface area contributed by atoms with Crippen molar-refractivity contribution >= 4 is 28.7 Å². The van der Waals surface area contributed by atoms with Crippen LogP contribution in [-0.2, 0) is 10.3 Å². The quantitative estimate of drug-likeness (QED) is 0.162. The number of nitrogens with zero attached hydrogens (tertiary/aromatic N) is 1. The van der Waals surface area contributed by atoms with E-state index >= 15 is 0 Å². The van der Waals surface area contributed by atoms with Crippen LogP contribution in [0.25, 0.3) is 0 Å². The third kappa shape index (κ3) is 4.15. The summed E-state index contributed by atoms with van der Waals surface area (Å²) in [6, 6.07) is 36.1. The van der Waals surface area contributed by atoms with Crippen LogP contribution in [0.3, 0.4) is 0 Å². The van der Waals surface area contributed by atoms with Crippen LogP contribution in [0, 0.1) is 13.8 Å². The highest BCUT2D eigenvalue weighted by molar-refractivity contribution is 5.97. The lowest BCUT2D eigenvalue weighted by Gasteiger charge is -2.36. The van der Waals surface area contributed by atoms with Crippen LogP contribution in [0.15, 0.2) is 109 Å². The van der Waals surface area contributed by atoms with E-state index < -0.39 is 5.60 Å². The molecular formula is C36H31N3O3. The minimum absolute atomic E-state index is 0.338. The largest absolute Gasteiger partial charge is 0.456 e.